The molecule has 7 rings (SSSR count). The van der Waals surface area contributed by atoms with Crippen molar-refractivity contribution in [3.63, 3.8) is 0 Å². The quantitative estimate of drug-likeness (QED) is 0.307. The molecule has 0 bridgehead atoms. The van der Waals surface area contributed by atoms with Crippen LogP contribution in [0.25, 0.3) is 27.6 Å². The molecule has 2 aliphatic heterocycles. The topological polar surface area (TPSA) is 27.3 Å². The summed E-state index contributed by atoms with van der Waals surface area (Å²) in [6, 6.07) is 32.8. The average Bonchev–Trinajstić information content (AvgIpc) is 3.28. The lowest BCUT2D eigenvalue weighted by molar-refractivity contribution is 0.550. The van der Waals surface area contributed by atoms with Gasteiger partial charge in [0.1, 0.15) is 0 Å². The number of hydrazine groups is 1. The Morgan fingerprint density at radius 3 is 2.58 bits per heavy atom. The van der Waals surface area contributed by atoms with Crippen LogP contribution in [0, 0.1) is 0 Å². The SMILES string of the molecule is C1=CCC2(C=C1)CN(N/C(=C1/C=CC=CN1)c1cccc(-c3cccc4ccccc34)c1)c1ccccc12. The summed E-state index contributed by atoms with van der Waals surface area (Å²) in [5.41, 5.74) is 12.1. The van der Waals surface area contributed by atoms with Gasteiger partial charge >= 0.3 is 0 Å². The van der Waals surface area contributed by atoms with Crippen molar-refractivity contribution in [1.82, 2.24) is 10.7 Å². The van der Waals surface area contributed by atoms with Gasteiger partial charge < -0.3 is 5.32 Å². The van der Waals surface area contributed by atoms with Crippen LogP contribution < -0.4 is 15.8 Å². The summed E-state index contributed by atoms with van der Waals surface area (Å²) in [5.74, 6) is 0. The van der Waals surface area contributed by atoms with Crippen molar-refractivity contribution in [2.75, 3.05) is 11.6 Å². The van der Waals surface area contributed by atoms with Crippen molar-refractivity contribution < 1.29 is 0 Å². The van der Waals surface area contributed by atoms with E-state index in [2.05, 4.69) is 143 Å². The molecule has 3 aliphatic rings. The van der Waals surface area contributed by atoms with Crippen LogP contribution in [0.1, 0.15) is 17.5 Å². The van der Waals surface area contributed by atoms with E-state index in [0.717, 1.165) is 29.9 Å². The molecular formula is C35H29N3. The van der Waals surface area contributed by atoms with Crippen LogP contribution >= 0.6 is 0 Å². The number of nitrogens with zero attached hydrogens (tertiary/aromatic N) is 1. The summed E-state index contributed by atoms with van der Waals surface area (Å²) in [6.07, 6.45) is 18.2. The highest BCUT2D eigenvalue weighted by atomic mass is 15.5. The van der Waals surface area contributed by atoms with Gasteiger partial charge in [0.05, 0.1) is 23.6 Å². The van der Waals surface area contributed by atoms with Gasteiger partial charge in [0.25, 0.3) is 0 Å². The molecule has 4 aromatic carbocycles. The van der Waals surface area contributed by atoms with E-state index in [4.69, 9.17) is 0 Å². The van der Waals surface area contributed by atoms with Crippen molar-refractivity contribution in [3.05, 3.63) is 157 Å². The molecular weight excluding hydrogens is 462 g/mol. The molecule has 1 aliphatic carbocycles. The van der Waals surface area contributed by atoms with Crippen LogP contribution in [-0.4, -0.2) is 6.54 Å². The molecule has 0 aromatic heterocycles. The number of fused-ring (bicyclic) bond motifs is 3. The Balaban J connectivity index is 1.32. The Morgan fingerprint density at radius 2 is 1.68 bits per heavy atom. The number of dihydropyridines is 1. The van der Waals surface area contributed by atoms with E-state index in [1.54, 1.807) is 0 Å². The second-order valence-electron chi connectivity index (χ2n) is 10.1. The number of para-hydroxylation sites is 1. The van der Waals surface area contributed by atoms with Gasteiger partial charge in [0, 0.05) is 17.2 Å². The van der Waals surface area contributed by atoms with Gasteiger partial charge in [-0.3, -0.25) is 10.4 Å². The smallest absolute Gasteiger partial charge is 0.0849 e. The first-order valence-electron chi connectivity index (χ1n) is 13.2. The van der Waals surface area contributed by atoms with Crippen LogP contribution in [0.3, 0.4) is 0 Å². The van der Waals surface area contributed by atoms with Crippen LogP contribution in [-0.2, 0) is 5.41 Å². The lowest BCUT2D eigenvalue weighted by Gasteiger charge is -2.30. The summed E-state index contributed by atoms with van der Waals surface area (Å²) in [4.78, 5) is 0. The largest absolute Gasteiger partial charge is 0.360 e. The van der Waals surface area contributed by atoms with Gasteiger partial charge in [0.15, 0.2) is 0 Å². The maximum absolute atomic E-state index is 3.85. The number of anilines is 1. The highest BCUT2D eigenvalue weighted by Crippen LogP contribution is 2.45. The number of nitrogens with one attached hydrogen (secondary N) is 2. The second kappa shape index (κ2) is 9.28. The zero-order valence-electron chi connectivity index (χ0n) is 21.1. The third kappa shape index (κ3) is 3.84. The molecule has 2 heterocycles. The Morgan fingerprint density at radius 1 is 0.816 bits per heavy atom. The van der Waals surface area contributed by atoms with Crippen LogP contribution in [0.5, 0.6) is 0 Å². The standard InChI is InChI=1S/C35H29N3/c1-7-21-35(22-8-1)25-38(33-20-5-4-18-31(33)35)37-34(32-19-6-9-23-36-32)28-15-10-14-27(24-28)30-17-11-13-26-12-2-3-16-29(26)30/h1-21,23-24,36-37H,22,25H2/b34-32-. The Hall–Kier alpha value is -4.76. The monoisotopic (exact) mass is 491 g/mol. The number of benzene rings is 4. The van der Waals surface area contributed by atoms with Crippen LogP contribution in [0.2, 0.25) is 0 Å². The summed E-state index contributed by atoms with van der Waals surface area (Å²) in [5, 5.41) is 8.31. The van der Waals surface area contributed by atoms with E-state index < -0.39 is 0 Å². The van der Waals surface area contributed by atoms with E-state index in [9.17, 15) is 0 Å². The van der Waals surface area contributed by atoms with Crippen LogP contribution in [0.15, 0.2) is 145 Å². The molecule has 0 amide bonds. The molecule has 1 spiro atoms. The first-order valence-corrected chi connectivity index (χ1v) is 13.2. The molecule has 1 unspecified atom stereocenters. The minimum absolute atomic E-state index is 0.0192. The van der Waals surface area contributed by atoms with Gasteiger partial charge in [-0.25, -0.2) is 0 Å². The molecule has 3 heteroatoms. The number of hydrogen-bond acceptors (Lipinski definition) is 3. The molecule has 0 radical (unpaired) electrons. The van der Waals surface area contributed by atoms with Gasteiger partial charge in [-0.05, 0) is 58.2 Å². The summed E-state index contributed by atoms with van der Waals surface area (Å²) < 4.78 is 0. The van der Waals surface area contributed by atoms with Crippen molar-refractivity contribution in [3.8, 4) is 11.1 Å². The maximum Gasteiger partial charge on any atom is 0.0849 e. The summed E-state index contributed by atoms with van der Waals surface area (Å²) in [7, 11) is 0. The van der Waals surface area contributed by atoms with Crippen LogP contribution in [0.4, 0.5) is 5.69 Å². The first kappa shape index (κ1) is 22.4. The summed E-state index contributed by atoms with van der Waals surface area (Å²) >= 11 is 0. The zero-order chi connectivity index (χ0) is 25.4. The maximum atomic E-state index is 3.85. The van der Waals surface area contributed by atoms with Gasteiger partial charge in [0.2, 0.25) is 0 Å². The minimum atomic E-state index is -0.0192. The minimum Gasteiger partial charge on any atom is -0.360 e. The molecule has 2 N–H and O–H groups in total. The van der Waals surface area contributed by atoms with Crippen molar-refractivity contribution in [2.45, 2.75) is 11.8 Å². The van der Waals surface area contributed by atoms with E-state index in [1.807, 2.05) is 12.3 Å². The number of rotatable bonds is 4. The van der Waals surface area contributed by atoms with Crippen molar-refractivity contribution in [1.29, 1.82) is 0 Å². The third-order valence-corrected chi connectivity index (χ3v) is 7.79. The highest BCUT2D eigenvalue weighted by Gasteiger charge is 2.41. The Labute approximate surface area is 223 Å². The summed E-state index contributed by atoms with van der Waals surface area (Å²) in [6.45, 7) is 0.868. The third-order valence-electron chi connectivity index (χ3n) is 7.79. The van der Waals surface area contributed by atoms with E-state index in [0.29, 0.717) is 0 Å². The normalized spacial score (nSPS) is 20.6. The molecule has 0 fully saturated rings. The zero-order valence-corrected chi connectivity index (χ0v) is 21.1. The van der Waals surface area contributed by atoms with Gasteiger partial charge in [-0.1, -0.05) is 109 Å². The van der Waals surface area contributed by atoms with Gasteiger partial charge in [-0.2, -0.15) is 0 Å². The molecule has 4 aromatic rings. The Kier molecular flexibility index (Phi) is 5.48. The molecule has 184 valence electrons. The van der Waals surface area contributed by atoms with E-state index in [-0.39, 0.29) is 5.41 Å². The Bertz CT molecular complexity index is 1680. The molecule has 1 atom stereocenters. The highest BCUT2D eigenvalue weighted by molar-refractivity contribution is 5.97. The number of hydrogen-bond donors (Lipinski definition) is 2. The van der Waals surface area contributed by atoms with Crippen molar-refractivity contribution >= 4 is 22.2 Å². The fourth-order valence-corrected chi connectivity index (χ4v) is 5.95. The lowest BCUT2D eigenvalue weighted by Crippen LogP contribution is -2.41. The first-order chi connectivity index (χ1) is 18.8. The van der Waals surface area contributed by atoms with E-state index in [1.165, 1.54) is 33.2 Å². The molecule has 3 nitrogen and oxygen atoms in total. The predicted octanol–water partition coefficient (Wildman–Crippen LogP) is 7.63. The van der Waals surface area contributed by atoms with Crippen molar-refractivity contribution in [2.24, 2.45) is 0 Å². The fourth-order valence-electron chi connectivity index (χ4n) is 5.95. The fraction of sp³-hybridized carbons (Fsp3) is 0.0857. The number of allylic oxidation sites excluding steroid dienone is 6. The van der Waals surface area contributed by atoms with Gasteiger partial charge in [-0.15, -0.1) is 0 Å². The second-order valence-corrected chi connectivity index (χ2v) is 10.1. The van der Waals surface area contributed by atoms with E-state index >= 15 is 0 Å². The molecule has 0 saturated carbocycles. The molecule has 38 heavy (non-hydrogen) atoms. The predicted molar refractivity (Wildman–Crippen MR) is 159 cm³/mol. The average molecular weight is 492 g/mol. The molecule has 0 saturated heterocycles. The lowest BCUT2D eigenvalue weighted by atomic mass is 9.77.